The zero-order valence-corrected chi connectivity index (χ0v) is 14.5. The minimum absolute atomic E-state index is 0.0410. The first-order valence-electron chi connectivity index (χ1n) is 8.96. The number of amides is 1. The molecule has 0 spiro atoms. The van der Waals surface area contributed by atoms with Crippen molar-refractivity contribution in [2.75, 3.05) is 32.9 Å². The van der Waals surface area contributed by atoms with Gasteiger partial charge in [0.15, 0.2) is 0 Å². The van der Waals surface area contributed by atoms with E-state index in [1.807, 2.05) is 11.0 Å². The maximum atomic E-state index is 14.6. The lowest BCUT2D eigenvalue weighted by Crippen LogP contribution is -2.45. The number of H-pyrrole nitrogens is 1. The van der Waals surface area contributed by atoms with E-state index in [9.17, 15) is 9.18 Å². The van der Waals surface area contributed by atoms with Crippen molar-refractivity contribution in [3.8, 4) is 11.1 Å². The SMILES string of the molecule is O=C1COCCN1C[C@H]1CC[C@@H](c2ccc(-c3cn[nH]c3)cc2F)OC1. The fourth-order valence-corrected chi connectivity index (χ4v) is 3.63. The Morgan fingerprint density at radius 3 is 2.92 bits per heavy atom. The molecule has 0 saturated carbocycles. The van der Waals surface area contributed by atoms with E-state index in [1.54, 1.807) is 18.5 Å². The number of morpholine rings is 1. The summed E-state index contributed by atoms with van der Waals surface area (Å²) in [4.78, 5) is 13.7. The van der Waals surface area contributed by atoms with Gasteiger partial charge in [0.05, 0.1) is 25.5 Å². The van der Waals surface area contributed by atoms with Crippen LogP contribution >= 0.6 is 0 Å². The minimum atomic E-state index is -0.254. The van der Waals surface area contributed by atoms with Gasteiger partial charge in [0.25, 0.3) is 0 Å². The molecule has 6 nitrogen and oxygen atoms in total. The molecule has 2 aromatic rings. The summed E-state index contributed by atoms with van der Waals surface area (Å²) in [6.07, 6.45) is 4.85. The quantitative estimate of drug-likeness (QED) is 0.911. The molecule has 26 heavy (non-hydrogen) atoms. The zero-order valence-electron chi connectivity index (χ0n) is 14.5. The van der Waals surface area contributed by atoms with E-state index in [4.69, 9.17) is 9.47 Å². The van der Waals surface area contributed by atoms with Crippen molar-refractivity contribution in [2.24, 2.45) is 5.92 Å². The van der Waals surface area contributed by atoms with Gasteiger partial charge >= 0.3 is 0 Å². The number of rotatable bonds is 4. The lowest BCUT2D eigenvalue weighted by atomic mass is 9.93. The molecule has 2 fully saturated rings. The minimum Gasteiger partial charge on any atom is -0.373 e. The number of halogens is 1. The van der Waals surface area contributed by atoms with Crippen molar-refractivity contribution < 1.29 is 18.7 Å². The largest absolute Gasteiger partial charge is 0.373 e. The highest BCUT2D eigenvalue weighted by molar-refractivity contribution is 5.78. The number of nitrogens with one attached hydrogen (secondary N) is 1. The van der Waals surface area contributed by atoms with Crippen molar-refractivity contribution in [3.63, 3.8) is 0 Å². The molecule has 7 heteroatoms. The molecule has 0 unspecified atom stereocenters. The fraction of sp³-hybridized carbons (Fsp3) is 0.474. The number of nitrogens with zero attached hydrogens (tertiary/aromatic N) is 2. The predicted molar refractivity (Wildman–Crippen MR) is 92.8 cm³/mol. The fourth-order valence-electron chi connectivity index (χ4n) is 3.63. The molecule has 1 amide bonds. The van der Waals surface area contributed by atoms with Gasteiger partial charge in [0.1, 0.15) is 12.4 Å². The first kappa shape index (κ1) is 17.2. The van der Waals surface area contributed by atoms with Crippen LogP contribution in [-0.2, 0) is 14.3 Å². The summed E-state index contributed by atoms with van der Waals surface area (Å²) in [6.45, 7) is 2.64. The van der Waals surface area contributed by atoms with E-state index < -0.39 is 0 Å². The van der Waals surface area contributed by atoms with Crippen molar-refractivity contribution >= 4 is 5.91 Å². The maximum absolute atomic E-state index is 14.6. The van der Waals surface area contributed by atoms with Gasteiger partial charge in [-0.2, -0.15) is 5.10 Å². The first-order valence-corrected chi connectivity index (χ1v) is 8.96. The first-order chi connectivity index (χ1) is 12.7. The number of carbonyl (C=O) groups excluding carboxylic acids is 1. The second kappa shape index (κ2) is 7.55. The second-order valence-electron chi connectivity index (χ2n) is 6.88. The maximum Gasteiger partial charge on any atom is 0.248 e. The Bertz CT molecular complexity index is 757. The van der Waals surface area contributed by atoms with Crippen LogP contribution in [0.4, 0.5) is 4.39 Å². The third-order valence-corrected chi connectivity index (χ3v) is 5.11. The Morgan fingerprint density at radius 1 is 1.31 bits per heavy atom. The van der Waals surface area contributed by atoms with Crippen LogP contribution < -0.4 is 0 Å². The van der Waals surface area contributed by atoms with E-state index in [2.05, 4.69) is 10.2 Å². The number of benzene rings is 1. The van der Waals surface area contributed by atoms with Crippen LogP contribution in [0.25, 0.3) is 11.1 Å². The van der Waals surface area contributed by atoms with E-state index in [-0.39, 0.29) is 24.4 Å². The summed E-state index contributed by atoms with van der Waals surface area (Å²) in [5, 5.41) is 6.63. The summed E-state index contributed by atoms with van der Waals surface area (Å²) < 4.78 is 25.7. The summed E-state index contributed by atoms with van der Waals surface area (Å²) in [6, 6.07) is 5.22. The van der Waals surface area contributed by atoms with Crippen molar-refractivity contribution in [1.82, 2.24) is 15.1 Å². The van der Waals surface area contributed by atoms with Crippen LogP contribution in [0.2, 0.25) is 0 Å². The standard InChI is InChI=1S/C19H22FN3O3/c20-17-7-14(15-8-21-22-9-15)2-3-16(17)18-4-1-13(11-26-18)10-23-5-6-25-12-19(23)24/h2-3,7-9,13,18H,1,4-6,10-12H2,(H,21,22)/t13-,18+/m1/s1. The van der Waals surface area contributed by atoms with Gasteiger partial charge in [-0.25, -0.2) is 4.39 Å². The highest BCUT2D eigenvalue weighted by Gasteiger charge is 2.28. The third kappa shape index (κ3) is 3.64. The van der Waals surface area contributed by atoms with Crippen LogP contribution in [-0.4, -0.2) is 53.9 Å². The summed E-state index contributed by atoms with van der Waals surface area (Å²) >= 11 is 0. The van der Waals surface area contributed by atoms with Gasteiger partial charge in [-0.05, 0) is 24.5 Å². The average Bonchev–Trinajstić information content (AvgIpc) is 3.19. The molecule has 0 radical (unpaired) electrons. The number of aromatic amines is 1. The van der Waals surface area contributed by atoms with Crippen LogP contribution in [0.3, 0.4) is 0 Å². The highest BCUT2D eigenvalue weighted by atomic mass is 19.1. The monoisotopic (exact) mass is 359 g/mol. The van der Waals surface area contributed by atoms with Crippen LogP contribution in [0, 0.1) is 11.7 Å². The molecular weight excluding hydrogens is 337 g/mol. The lowest BCUT2D eigenvalue weighted by Gasteiger charge is -2.34. The molecule has 138 valence electrons. The van der Waals surface area contributed by atoms with Crippen molar-refractivity contribution in [1.29, 1.82) is 0 Å². The van der Waals surface area contributed by atoms with Gasteiger partial charge in [-0.3, -0.25) is 9.89 Å². The Balaban J connectivity index is 1.36. The molecular formula is C19H22FN3O3. The van der Waals surface area contributed by atoms with Crippen molar-refractivity contribution in [3.05, 3.63) is 42.0 Å². The molecule has 0 bridgehead atoms. The normalized spacial score (nSPS) is 24.0. The highest BCUT2D eigenvalue weighted by Crippen LogP contribution is 2.34. The average molecular weight is 359 g/mol. The number of ether oxygens (including phenoxy) is 2. The summed E-state index contributed by atoms with van der Waals surface area (Å²) in [7, 11) is 0. The Kier molecular flexibility index (Phi) is 4.99. The molecule has 3 heterocycles. The predicted octanol–water partition coefficient (Wildman–Crippen LogP) is 2.54. The number of hydrogen-bond donors (Lipinski definition) is 1. The van der Waals surface area contributed by atoms with Gasteiger partial charge in [0, 0.05) is 36.3 Å². The number of aromatic nitrogens is 2. The van der Waals surface area contributed by atoms with Gasteiger partial charge in [0.2, 0.25) is 5.91 Å². The Morgan fingerprint density at radius 2 is 2.23 bits per heavy atom. The third-order valence-electron chi connectivity index (χ3n) is 5.11. The van der Waals surface area contributed by atoms with Crippen molar-refractivity contribution in [2.45, 2.75) is 18.9 Å². The smallest absolute Gasteiger partial charge is 0.248 e. The molecule has 2 aliphatic rings. The molecule has 2 saturated heterocycles. The second-order valence-corrected chi connectivity index (χ2v) is 6.88. The van der Waals surface area contributed by atoms with Crippen LogP contribution in [0.15, 0.2) is 30.6 Å². The lowest BCUT2D eigenvalue weighted by molar-refractivity contribution is -0.144. The van der Waals surface area contributed by atoms with E-state index in [1.165, 1.54) is 6.07 Å². The van der Waals surface area contributed by atoms with E-state index >= 15 is 0 Å². The van der Waals surface area contributed by atoms with Crippen LogP contribution in [0.5, 0.6) is 0 Å². The molecule has 2 atom stereocenters. The molecule has 1 N–H and O–H groups in total. The van der Waals surface area contributed by atoms with E-state index in [0.29, 0.717) is 37.8 Å². The molecule has 1 aromatic heterocycles. The van der Waals surface area contributed by atoms with Gasteiger partial charge in [-0.1, -0.05) is 12.1 Å². The molecule has 0 aliphatic carbocycles. The molecule has 1 aromatic carbocycles. The topological polar surface area (TPSA) is 67.5 Å². The molecule has 4 rings (SSSR count). The summed E-state index contributed by atoms with van der Waals surface area (Å²) in [5.41, 5.74) is 2.24. The van der Waals surface area contributed by atoms with Crippen LogP contribution in [0.1, 0.15) is 24.5 Å². The molecule has 2 aliphatic heterocycles. The number of hydrogen-bond acceptors (Lipinski definition) is 4. The van der Waals surface area contributed by atoms with Gasteiger partial charge in [-0.15, -0.1) is 0 Å². The zero-order chi connectivity index (χ0) is 17.9. The van der Waals surface area contributed by atoms with E-state index in [0.717, 1.165) is 24.0 Å². The Labute approximate surface area is 151 Å². The Hall–Kier alpha value is -2.25. The summed E-state index contributed by atoms with van der Waals surface area (Å²) in [5.74, 6) is 0.0799. The van der Waals surface area contributed by atoms with Gasteiger partial charge < -0.3 is 14.4 Å². The number of carbonyl (C=O) groups is 1.